The molecular formula is C13H15NO3. The number of hydrogen-bond donors (Lipinski definition) is 1. The van der Waals surface area contributed by atoms with Crippen LogP contribution in [-0.2, 0) is 22.6 Å². The maximum Gasteiger partial charge on any atom is 0.323 e. The molecule has 1 atom stereocenters. The van der Waals surface area contributed by atoms with E-state index in [2.05, 4.69) is 0 Å². The molecule has 0 unspecified atom stereocenters. The summed E-state index contributed by atoms with van der Waals surface area (Å²) in [6, 6.07) is 9.09. The van der Waals surface area contributed by atoms with Crippen LogP contribution in [0.25, 0.3) is 0 Å². The molecule has 0 aliphatic rings. The van der Waals surface area contributed by atoms with Gasteiger partial charge >= 0.3 is 5.97 Å². The van der Waals surface area contributed by atoms with Crippen LogP contribution in [0, 0.1) is 17.2 Å². The van der Waals surface area contributed by atoms with Gasteiger partial charge in [-0.2, -0.15) is 5.26 Å². The van der Waals surface area contributed by atoms with Gasteiger partial charge in [0.15, 0.2) is 0 Å². The Balaban J connectivity index is 2.67. The number of carbonyl (C=O) groups is 1. The van der Waals surface area contributed by atoms with Crippen LogP contribution in [0.3, 0.4) is 0 Å². The zero-order valence-electron chi connectivity index (χ0n) is 9.72. The van der Waals surface area contributed by atoms with E-state index < -0.39 is 11.9 Å². The van der Waals surface area contributed by atoms with Crippen molar-refractivity contribution in [1.82, 2.24) is 0 Å². The van der Waals surface area contributed by atoms with Gasteiger partial charge < -0.3 is 9.84 Å². The summed E-state index contributed by atoms with van der Waals surface area (Å²) in [7, 11) is 0. The van der Waals surface area contributed by atoms with Crippen LogP contribution in [0.15, 0.2) is 24.3 Å². The molecule has 0 radical (unpaired) electrons. The summed E-state index contributed by atoms with van der Waals surface area (Å²) in [5, 5.41) is 17.8. The number of benzene rings is 1. The quantitative estimate of drug-likeness (QED) is 0.781. The molecule has 1 N–H and O–H groups in total. The molecule has 0 saturated carbocycles. The molecule has 0 bridgehead atoms. The molecule has 0 aliphatic carbocycles. The van der Waals surface area contributed by atoms with Crippen molar-refractivity contribution in [2.75, 3.05) is 6.61 Å². The van der Waals surface area contributed by atoms with E-state index in [-0.39, 0.29) is 13.2 Å². The van der Waals surface area contributed by atoms with E-state index in [0.717, 1.165) is 11.1 Å². The van der Waals surface area contributed by atoms with Crippen LogP contribution in [0.4, 0.5) is 0 Å². The van der Waals surface area contributed by atoms with Crippen LogP contribution in [0.2, 0.25) is 0 Å². The third-order valence-corrected chi connectivity index (χ3v) is 2.37. The lowest BCUT2D eigenvalue weighted by atomic mass is 10.00. The van der Waals surface area contributed by atoms with Gasteiger partial charge in [-0.1, -0.05) is 24.3 Å². The lowest BCUT2D eigenvalue weighted by molar-refractivity contribution is -0.145. The molecule has 4 heteroatoms. The standard InChI is InChI=1S/C13H15NO3/c1-2-17-13(16)12(8-14)7-10-3-5-11(9-15)6-4-10/h3-6,12,15H,2,7,9H2,1H3/t12-/m1/s1. The number of nitrogens with zero attached hydrogens (tertiary/aromatic N) is 1. The molecule has 0 fully saturated rings. The Labute approximate surface area is 100 Å². The summed E-state index contributed by atoms with van der Waals surface area (Å²) in [5.41, 5.74) is 1.68. The summed E-state index contributed by atoms with van der Waals surface area (Å²) in [5.74, 6) is -1.25. The van der Waals surface area contributed by atoms with Crippen molar-refractivity contribution in [2.24, 2.45) is 5.92 Å². The van der Waals surface area contributed by atoms with Crippen molar-refractivity contribution >= 4 is 5.97 Å². The fourth-order valence-electron chi connectivity index (χ4n) is 1.44. The van der Waals surface area contributed by atoms with Gasteiger partial charge in [0.1, 0.15) is 5.92 Å². The van der Waals surface area contributed by atoms with Crippen molar-refractivity contribution in [3.63, 3.8) is 0 Å². The number of rotatable bonds is 5. The predicted octanol–water partition coefficient (Wildman–Crippen LogP) is 1.42. The molecule has 1 rings (SSSR count). The first-order valence-electron chi connectivity index (χ1n) is 5.46. The average molecular weight is 233 g/mol. The molecule has 0 heterocycles. The molecule has 4 nitrogen and oxygen atoms in total. The summed E-state index contributed by atoms with van der Waals surface area (Å²) < 4.78 is 4.81. The molecule has 0 spiro atoms. The number of aliphatic hydroxyl groups excluding tert-OH is 1. The van der Waals surface area contributed by atoms with Crippen molar-refractivity contribution in [3.8, 4) is 6.07 Å². The zero-order chi connectivity index (χ0) is 12.7. The number of esters is 1. The third kappa shape index (κ3) is 3.89. The second-order valence-corrected chi connectivity index (χ2v) is 3.61. The Morgan fingerprint density at radius 3 is 2.47 bits per heavy atom. The molecule has 0 saturated heterocycles. The zero-order valence-corrected chi connectivity index (χ0v) is 9.72. The normalized spacial score (nSPS) is 11.6. The highest BCUT2D eigenvalue weighted by atomic mass is 16.5. The number of aliphatic hydroxyl groups is 1. The van der Waals surface area contributed by atoms with E-state index in [1.165, 1.54) is 0 Å². The molecular weight excluding hydrogens is 218 g/mol. The molecule has 0 aromatic heterocycles. The average Bonchev–Trinajstić information content (AvgIpc) is 2.37. The number of hydrogen-bond acceptors (Lipinski definition) is 4. The van der Waals surface area contributed by atoms with Crippen molar-refractivity contribution < 1.29 is 14.6 Å². The first-order chi connectivity index (χ1) is 8.21. The highest BCUT2D eigenvalue weighted by Crippen LogP contribution is 2.11. The third-order valence-electron chi connectivity index (χ3n) is 2.37. The van der Waals surface area contributed by atoms with Crippen LogP contribution in [0.5, 0.6) is 0 Å². The van der Waals surface area contributed by atoms with Crippen LogP contribution in [-0.4, -0.2) is 17.7 Å². The van der Waals surface area contributed by atoms with Crippen LogP contribution >= 0.6 is 0 Å². The van der Waals surface area contributed by atoms with Gasteiger partial charge in [-0.3, -0.25) is 4.79 Å². The van der Waals surface area contributed by atoms with Crippen molar-refractivity contribution in [2.45, 2.75) is 20.0 Å². The van der Waals surface area contributed by atoms with Gasteiger partial charge in [0.2, 0.25) is 0 Å². The molecule has 17 heavy (non-hydrogen) atoms. The molecule has 0 aliphatic heterocycles. The highest BCUT2D eigenvalue weighted by Gasteiger charge is 2.19. The Morgan fingerprint density at radius 1 is 1.41 bits per heavy atom. The van der Waals surface area contributed by atoms with E-state index in [1.807, 2.05) is 6.07 Å². The van der Waals surface area contributed by atoms with Crippen molar-refractivity contribution in [3.05, 3.63) is 35.4 Å². The number of carbonyl (C=O) groups excluding carboxylic acids is 1. The lowest BCUT2D eigenvalue weighted by Gasteiger charge is -2.08. The second kappa shape index (κ2) is 6.66. The Hall–Kier alpha value is -1.86. The largest absolute Gasteiger partial charge is 0.465 e. The van der Waals surface area contributed by atoms with Gasteiger partial charge in [0, 0.05) is 0 Å². The lowest BCUT2D eigenvalue weighted by Crippen LogP contribution is -2.18. The highest BCUT2D eigenvalue weighted by molar-refractivity contribution is 5.75. The maximum atomic E-state index is 11.4. The van der Waals surface area contributed by atoms with Gasteiger partial charge in [-0.05, 0) is 24.5 Å². The fraction of sp³-hybridized carbons (Fsp3) is 0.385. The smallest absolute Gasteiger partial charge is 0.323 e. The number of nitriles is 1. The van der Waals surface area contributed by atoms with Gasteiger partial charge in [0.05, 0.1) is 19.3 Å². The minimum absolute atomic E-state index is 0.0141. The maximum absolute atomic E-state index is 11.4. The number of ether oxygens (including phenoxy) is 1. The Morgan fingerprint density at radius 2 is 2.00 bits per heavy atom. The minimum atomic E-state index is -0.769. The Bertz CT molecular complexity index is 406. The van der Waals surface area contributed by atoms with E-state index in [9.17, 15) is 4.79 Å². The monoisotopic (exact) mass is 233 g/mol. The van der Waals surface area contributed by atoms with E-state index in [1.54, 1.807) is 31.2 Å². The van der Waals surface area contributed by atoms with Gasteiger partial charge in [-0.25, -0.2) is 0 Å². The first kappa shape index (κ1) is 13.2. The van der Waals surface area contributed by atoms with Gasteiger partial charge in [-0.15, -0.1) is 0 Å². The first-order valence-corrected chi connectivity index (χ1v) is 5.46. The van der Waals surface area contributed by atoms with Gasteiger partial charge in [0.25, 0.3) is 0 Å². The Kier molecular flexibility index (Phi) is 5.18. The predicted molar refractivity (Wildman–Crippen MR) is 61.8 cm³/mol. The van der Waals surface area contributed by atoms with E-state index in [4.69, 9.17) is 15.1 Å². The summed E-state index contributed by atoms with van der Waals surface area (Å²) in [4.78, 5) is 11.4. The summed E-state index contributed by atoms with van der Waals surface area (Å²) in [6.07, 6.45) is 0.334. The van der Waals surface area contributed by atoms with E-state index >= 15 is 0 Å². The summed E-state index contributed by atoms with van der Waals surface area (Å²) in [6.45, 7) is 1.97. The second-order valence-electron chi connectivity index (χ2n) is 3.61. The van der Waals surface area contributed by atoms with Crippen LogP contribution < -0.4 is 0 Å². The van der Waals surface area contributed by atoms with E-state index in [0.29, 0.717) is 6.42 Å². The SMILES string of the molecule is CCOC(=O)[C@@H](C#N)Cc1ccc(CO)cc1. The molecule has 0 amide bonds. The molecule has 90 valence electrons. The fourth-order valence-corrected chi connectivity index (χ4v) is 1.44. The van der Waals surface area contributed by atoms with Crippen molar-refractivity contribution in [1.29, 1.82) is 5.26 Å². The molecule has 1 aromatic rings. The minimum Gasteiger partial charge on any atom is -0.465 e. The van der Waals surface area contributed by atoms with Crippen LogP contribution in [0.1, 0.15) is 18.1 Å². The summed E-state index contributed by atoms with van der Waals surface area (Å²) >= 11 is 0. The molecule has 1 aromatic carbocycles. The topological polar surface area (TPSA) is 70.3 Å².